The normalized spacial score (nSPS) is 13.1. The molecule has 1 unspecified atom stereocenters. The molecule has 0 bridgehead atoms. The highest BCUT2D eigenvalue weighted by molar-refractivity contribution is 7.98. The number of thioether (sulfide) groups is 1. The van der Waals surface area contributed by atoms with E-state index in [4.69, 9.17) is 0 Å². The van der Waals surface area contributed by atoms with Crippen molar-refractivity contribution < 1.29 is 5.11 Å². The molecule has 0 aliphatic carbocycles. The zero-order chi connectivity index (χ0) is 12.0. The van der Waals surface area contributed by atoms with Gasteiger partial charge in [-0.3, -0.25) is 0 Å². The van der Waals surface area contributed by atoms with Crippen molar-refractivity contribution >= 4 is 11.8 Å². The van der Waals surface area contributed by atoms with Crippen molar-refractivity contribution in [1.29, 1.82) is 0 Å². The summed E-state index contributed by atoms with van der Waals surface area (Å²) < 4.78 is 0. The molecule has 90 valence electrons. The van der Waals surface area contributed by atoms with Gasteiger partial charge >= 0.3 is 0 Å². The summed E-state index contributed by atoms with van der Waals surface area (Å²) in [5.41, 5.74) is 2.38. The summed E-state index contributed by atoms with van der Waals surface area (Å²) in [5, 5.41) is 9.97. The second-order valence-corrected chi connectivity index (χ2v) is 5.46. The lowest BCUT2D eigenvalue weighted by Gasteiger charge is -2.12. The number of aliphatic hydroxyl groups is 1. The van der Waals surface area contributed by atoms with Gasteiger partial charge in [0, 0.05) is 0 Å². The molecule has 0 saturated carbocycles. The zero-order valence-electron chi connectivity index (χ0n) is 10.4. The third-order valence-corrected chi connectivity index (χ3v) is 3.51. The molecule has 0 radical (unpaired) electrons. The maximum Gasteiger partial charge on any atom is 0.0790 e. The van der Waals surface area contributed by atoms with Gasteiger partial charge in [0.15, 0.2) is 0 Å². The van der Waals surface area contributed by atoms with Gasteiger partial charge in [-0.2, -0.15) is 11.8 Å². The van der Waals surface area contributed by atoms with Crippen LogP contribution in [0, 0.1) is 0 Å². The Morgan fingerprint density at radius 3 is 2.19 bits per heavy atom. The fraction of sp³-hybridized carbons (Fsp3) is 0.571. The van der Waals surface area contributed by atoms with E-state index in [1.54, 1.807) is 0 Å². The molecule has 0 aromatic heterocycles. The molecular formula is C14H22OS. The molecule has 0 fully saturated rings. The number of aliphatic hydroxyl groups excluding tert-OH is 1. The first-order valence-electron chi connectivity index (χ1n) is 5.92. The summed E-state index contributed by atoms with van der Waals surface area (Å²) in [4.78, 5) is 0. The van der Waals surface area contributed by atoms with E-state index in [2.05, 4.69) is 44.4 Å². The molecule has 1 nitrogen and oxygen atoms in total. The number of hydrogen-bond acceptors (Lipinski definition) is 2. The smallest absolute Gasteiger partial charge is 0.0790 e. The summed E-state index contributed by atoms with van der Waals surface area (Å²) in [6.07, 6.45) is 3.74. The summed E-state index contributed by atoms with van der Waals surface area (Å²) in [5.74, 6) is 1.68. The van der Waals surface area contributed by atoms with Crippen LogP contribution < -0.4 is 0 Å². The largest absolute Gasteiger partial charge is 0.388 e. The lowest BCUT2D eigenvalue weighted by atomic mass is 9.99. The minimum absolute atomic E-state index is 0.298. The van der Waals surface area contributed by atoms with Crippen LogP contribution in [0.2, 0.25) is 0 Å². The van der Waals surface area contributed by atoms with Gasteiger partial charge < -0.3 is 5.11 Å². The van der Waals surface area contributed by atoms with E-state index in [-0.39, 0.29) is 6.10 Å². The van der Waals surface area contributed by atoms with Crippen LogP contribution in [-0.2, 0) is 0 Å². The number of benzene rings is 1. The van der Waals surface area contributed by atoms with Crippen LogP contribution in [-0.4, -0.2) is 17.1 Å². The summed E-state index contributed by atoms with van der Waals surface area (Å²) in [6, 6.07) is 8.35. The van der Waals surface area contributed by atoms with Crippen LogP contribution in [0.5, 0.6) is 0 Å². The van der Waals surface area contributed by atoms with Crippen LogP contribution in [0.1, 0.15) is 49.8 Å². The minimum Gasteiger partial charge on any atom is -0.388 e. The molecule has 0 aliphatic heterocycles. The molecule has 2 heteroatoms. The Morgan fingerprint density at radius 1 is 1.12 bits per heavy atom. The fourth-order valence-electron chi connectivity index (χ4n) is 1.69. The highest BCUT2D eigenvalue weighted by atomic mass is 32.2. The van der Waals surface area contributed by atoms with Crippen molar-refractivity contribution in [3.8, 4) is 0 Å². The van der Waals surface area contributed by atoms with Crippen LogP contribution in [0.4, 0.5) is 0 Å². The average Bonchev–Trinajstić information content (AvgIpc) is 2.29. The molecule has 0 heterocycles. The van der Waals surface area contributed by atoms with Gasteiger partial charge in [0.1, 0.15) is 0 Å². The predicted octanol–water partition coefficient (Wildman–Crippen LogP) is 3.99. The molecule has 1 N–H and O–H groups in total. The Hall–Kier alpha value is -0.470. The summed E-state index contributed by atoms with van der Waals surface area (Å²) in [7, 11) is 0. The van der Waals surface area contributed by atoms with Crippen LogP contribution in [0.3, 0.4) is 0 Å². The first kappa shape index (κ1) is 13.6. The summed E-state index contributed by atoms with van der Waals surface area (Å²) >= 11 is 1.83. The van der Waals surface area contributed by atoms with Gasteiger partial charge in [-0.1, -0.05) is 38.1 Å². The molecule has 1 rings (SSSR count). The molecule has 0 spiro atoms. The van der Waals surface area contributed by atoms with Gasteiger partial charge in [-0.15, -0.1) is 0 Å². The summed E-state index contributed by atoms with van der Waals surface area (Å²) in [6.45, 7) is 4.37. The quantitative estimate of drug-likeness (QED) is 0.756. The Morgan fingerprint density at radius 2 is 1.69 bits per heavy atom. The standard InChI is InChI=1S/C14H22OS/c1-11(2)12-6-8-13(9-7-12)14(15)5-4-10-16-3/h6-9,11,14-15H,4-5,10H2,1-3H3. The Balaban J connectivity index is 2.52. The van der Waals surface area contributed by atoms with Gasteiger partial charge in [0.2, 0.25) is 0 Å². The van der Waals surface area contributed by atoms with Crippen molar-refractivity contribution in [3.63, 3.8) is 0 Å². The van der Waals surface area contributed by atoms with E-state index in [0.717, 1.165) is 24.2 Å². The maximum atomic E-state index is 9.97. The van der Waals surface area contributed by atoms with E-state index in [0.29, 0.717) is 5.92 Å². The van der Waals surface area contributed by atoms with Crippen molar-refractivity contribution in [3.05, 3.63) is 35.4 Å². The number of hydrogen-bond donors (Lipinski definition) is 1. The van der Waals surface area contributed by atoms with Crippen molar-refractivity contribution in [1.82, 2.24) is 0 Å². The van der Waals surface area contributed by atoms with Crippen molar-refractivity contribution in [2.24, 2.45) is 0 Å². The molecule has 0 amide bonds. The van der Waals surface area contributed by atoms with Crippen LogP contribution >= 0.6 is 11.8 Å². The van der Waals surface area contributed by atoms with Gasteiger partial charge in [-0.05, 0) is 41.9 Å². The second kappa shape index (κ2) is 6.97. The Bertz CT molecular complexity index is 292. The number of rotatable bonds is 6. The zero-order valence-corrected chi connectivity index (χ0v) is 11.3. The Labute approximate surface area is 103 Å². The van der Waals surface area contributed by atoms with Crippen LogP contribution in [0.25, 0.3) is 0 Å². The first-order chi connectivity index (χ1) is 7.65. The molecule has 1 aromatic rings. The third-order valence-electron chi connectivity index (χ3n) is 2.81. The topological polar surface area (TPSA) is 20.2 Å². The van der Waals surface area contributed by atoms with Gasteiger partial charge in [0.05, 0.1) is 6.10 Å². The predicted molar refractivity (Wildman–Crippen MR) is 73.1 cm³/mol. The SMILES string of the molecule is CSCCCC(O)c1ccc(C(C)C)cc1. The molecule has 16 heavy (non-hydrogen) atoms. The van der Waals surface area contributed by atoms with Gasteiger partial charge in [0.25, 0.3) is 0 Å². The maximum absolute atomic E-state index is 9.97. The third kappa shape index (κ3) is 4.18. The first-order valence-corrected chi connectivity index (χ1v) is 7.31. The average molecular weight is 238 g/mol. The van der Waals surface area contributed by atoms with E-state index < -0.39 is 0 Å². The van der Waals surface area contributed by atoms with E-state index in [1.807, 2.05) is 11.8 Å². The lowest BCUT2D eigenvalue weighted by molar-refractivity contribution is 0.167. The monoisotopic (exact) mass is 238 g/mol. The highest BCUT2D eigenvalue weighted by Crippen LogP contribution is 2.22. The van der Waals surface area contributed by atoms with Crippen molar-refractivity contribution in [2.75, 3.05) is 12.0 Å². The molecule has 1 aromatic carbocycles. The van der Waals surface area contributed by atoms with E-state index in [9.17, 15) is 5.11 Å². The van der Waals surface area contributed by atoms with Crippen LogP contribution in [0.15, 0.2) is 24.3 Å². The molecule has 0 saturated heterocycles. The highest BCUT2D eigenvalue weighted by Gasteiger charge is 2.07. The fourth-order valence-corrected chi connectivity index (χ4v) is 2.15. The minimum atomic E-state index is -0.298. The van der Waals surface area contributed by atoms with E-state index >= 15 is 0 Å². The molecule has 0 aliphatic rings. The Kier molecular flexibility index (Phi) is 5.93. The van der Waals surface area contributed by atoms with Gasteiger partial charge in [-0.25, -0.2) is 0 Å². The lowest BCUT2D eigenvalue weighted by Crippen LogP contribution is -1.98. The molecular weight excluding hydrogens is 216 g/mol. The van der Waals surface area contributed by atoms with Crippen molar-refractivity contribution in [2.45, 2.75) is 38.7 Å². The van der Waals surface area contributed by atoms with E-state index in [1.165, 1.54) is 5.56 Å². The second-order valence-electron chi connectivity index (χ2n) is 4.47. The molecule has 1 atom stereocenters.